The van der Waals surface area contributed by atoms with E-state index in [1.807, 2.05) is 6.07 Å². The molecule has 2 aliphatic heterocycles. The third-order valence-corrected chi connectivity index (χ3v) is 8.04. The quantitative estimate of drug-likeness (QED) is 0.347. The lowest BCUT2D eigenvalue weighted by Gasteiger charge is -2.34. The number of rotatable bonds is 6. The number of aliphatic carboxylic acids is 1. The molecule has 2 saturated heterocycles. The van der Waals surface area contributed by atoms with Crippen LogP contribution in [0.25, 0.3) is 0 Å². The van der Waals surface area contributed by atoms with Gasteiger partial charge in [-0.3, -0.25) is 34.7 Å². The van der Waals surface area contributed by atoms with Gasteiger partial charge in [-0.15, -0.1) is 0 Å². The van der Waals surface area contributed by atoms with Crippen LogP contribution in [-0.4, -0.2) is 44.3 Å². The number of imide groups is 1. The van der Waals surface area contributed by atoms with E-state index in [9.17, 15) is 34.9 Å². The fraction of sp³-hybridized carbons (Fsp3) is 0.407. The van der Waals surface area contributed by atoms with Crippen LogP contribution in [-0.2, 0) is 20.8 Å². The number of carboxylic acid groups (broad SMARTS) is 1. The number of nitro benzene ring substituents is 1. The minimum Gasteiger partial charge on any atom is -0.480 e. The number of carbonyl (C=O) groups is 3. The molecule has 4 atom stereocenters. The third kappa shape index (κ3) is 4.05. The molecule has 0 spiro atoms. The van der Waals surface area contributed by atoms with E-state index < -0.39 is 40.2 Å². The van der Waals surface area contributed by atoms with Gasteiger partial charge in [-0.2, -0.15) is 5.26 Å². The highest BCUT2D eigenvalue weighted by molar-refractivity contribution is 6.09. The molecule has 2 aromatic carbocycles. The number of non-ortho nitro benzene ring substituents is 1. The average Bonchev–Trinajstić information content (AvgIpc) is 3.38. The van der Waals surface area contributed by atoms with Crippen LogP contribution < -0.4 is 5.32 Å². The van der Waals surface area contributed by atoms with Crippen LogP contribution in [0.4, 0.5) is 5.69 Å². The van der Waals surface area contributed by atoms with Crippen LogP contribution in [0.3, 0.4) is 0 Å². The molecule has 10 heteroatoms. The second kappa shape index (κ2) is 9.41. The number of nitrogens with zero attached hydrogens (tertiary/aromatic N) is 3. The Balaban J connectivity index is 1.59. The predicted molar refractivity (Wildman–Crippen MR) is 130 cm³/mol. The summed E-state index contributed by atoms with van der Waals surface area (Å²) in [5, 5.41) is 34.0. The Bertz CT molecular complexity index is 1300. The van der Waals surface area contributed by atoms with Gasteiger partial charge in [0.2, 0.25) is 11.8 Å². The summed E-state index contributed by atoms with van der Waals surface area (Å²) in [7, 11) is 0. The van der Waals surface area contributed by atoms with Gasteiger partial charge in [0.25, 0.3) is 5.69 Å². The molecule has 5 rings (SSSR count). The van der Waals surface area contributed by atoms with Crippen molar-refractivity contribution in [1.82, 2.24) is 10.2 Å². The van der Waals surface area contributed by atoms with E-state index >= 15 is 0 Å². The number of likely N-dealkylation sites (tertiary alicyclic amines) is 1. The second-order valence-electron chi connectivity index (χ2n) is 10.1. The first-order valence-corrected chi connectivity index (χ1v) is 12.4. The second-order valence-corrected chi connectivity index (χ2v) is 10.1. The Morgan fingerprint density at radius 2 is 1.73 bits per heavy atom. The van der Waals surface area contributed by atoms with Crippen LogP contribution in [0.15, 0.2) is 48.5 Å². The van der Waals surface area contributed by atoms with E-state index in [1.54, 1.807) is 24.3 Å². The fourth-order valence-electron chi connectivity index (χ4n) is 6.27. The van der Waals surface area contributed by atoms with Crippen molar-refractivity contribution in [2.24, 2.45) is 11.8 Å². The zero-order chi connectivity index (χ0) is 26.3. The highest BCUT2D eigenvalue weighted by atomic mass is 16.6. The number of nitriles is 1. The fourth-order valence-corrected chi connectivity index (χ4v) is 6.27. The molecule has 10 nitrogen and oxygen atoms in total. The SMILES string of the molecule is N#Cc1ccc(C2NC(Cc3ccc([N+](=O)[O-])cc3)(C(=O)O)C3C(=O)N(C4CCCCC4)C(=O)C23)cc1. The number of carbonyl (C=O) groups excluding carboxylic acids is 2. The number of nitro groups is 1. The number of hydrogen-bond donors (Lipinski definition) is 2. The molecule has 0 bridgehead atoms. The molecular formula is C27H26N4O6. The van der Waals surface area contributed by atoms with E-state index in [1.165, 1.54) is 29.2 Å². The van der Waals surface area contributed by atoms with Gasteiger partial charge in [-0.1, -0.05) is 43.5 Å². The number of benzene rings is 2. The van der Waals surface area contributed by atoms with Crippen molar-refractivity contribution in [3.05, 3.63) is 75.3 Å². The average molecular weight is 503 g/mol. The molecule has 3 aliphatic rings. The summed E-state index contributed by atoms with van der Waals surface area (Å²) in [6, 6.07) is 13.2. The van der Waals surface area contributed by atoms with Gasteiger partial charge >= 0.3 is 5.97 Å². The van der Waals surface area contributed by atoms with Gasteiger partial charge in [-0.05, 0) is 36.1 Å². The number of hydrogen-bond acceptors (Lipinski definition) is 7. The number of carboxylic acids is 1. The van der Waals surface area contributed by atoms with Crippen molar-refractivity contribution in [1.29, 1.82) is 5.26 Å². The highest BCUT2D eigenvalue weighted by Gasteiger charge is 2.69. The maximum absolute atomic E-state index is 13.9. The largest absolute Gasteiger partial charge is 0.480 e. The van der Waals surface area contributed by atoms with E-state index in [0.29, 0.717) is 29.5 Å². The van der Waals surface area contributed by atoms with Crippen molar-refractivity contribution in [2.75, 3.05) is 0 Å². The smallest absolute Gasteiger partial charge is 0.325 e. The first-order valence-electron chi connectivity index (χ1n) is 12.4. The molecule has 2 N–H and O–H groups in total. The molecular weight excluding hydrogens is 476 g/mol. The summed E-state index contributed by atoms with van der Waals surface area (Å²) in [5.41, 5.74) is -0.387. The van der Waals surface area contributed by atoms with Crippen LogP contribution in [0.5, 0.6) is 0 Å². The Kier molecular flexibility index (Phi) is 6.25. The maximum atomic E-state index is 13.9. The van der Waals surface area contributed by atoms with E-state index in [-0.39, 0.29) is 24.1 Å². The molecule has 37 heavy (non-hydrogen) atoms. The molecule has 2 amide bonds. The first-order chi connectivity index (χ1) is 17.8. The summed E-state index contributed by atoms with van der Waals surface area (Å²) in [6.45, 7) is 0. The summed E-state index contributed by atoms with van der Waals surface area (Å²) < 4.78 is 0. The monoisotopic (exact) mass is 502 g/mol. The highest BCUT2D eigenvalue weighted by Crippen LogP contribution is 2.51. The van der Waals surface area contributed by atoms with Crippen molar-refractivity contribution >= 4 is 23.5 Å². The van der Waals surface area contributed by atoms with Crippen LogP contribution in [0.1, 0.15) is 54.8 Å². The Hall–Kier alpha value is -4.10. The van der Waals surface area contributed by atoms with Crippen LogP contribution >= 0.6 is 0 Å². The lowest BCUT2D eigenvalue weighted by Crippen LogP contribution is -2.58. The Labute approximate surface area is 213 Å². The molecule has 4 unspecified atom stereocenters. The number of nitrogens with one attached hydrogen (secondary N) is 1. The third-order valence-electron chi connectivity index (χ3n) is 8.04. The van der Waals surface area contributed by atoms with Gasteiger partial charge in [0.05, 0.1) is 28.4 Å². The Morgan fingerprint density at radius 1 is 1.08 bits per heavy atom. The normalized spacial score (nSPS) is 27.6. The predicted octanol–water partition coefficient (Wildman–Crippen LogP) is 3.11. The van der Waals surface area contributed by atoms with E-state index in [2.05, 4.69) is 5.32 Å². The lowest BCUT2D eigenvalue weighted by molar-refractivity contribution is -0.384. The van der Waals surface area contributed by atoms with E-state index in [0.717, 1.165) is 19.3 Å². The molecule has 0 aromatic heterocycles. The molecule has 190 valence electrons. The summed E-state index contributed by atoms with van der Waals surface area (Å²) in [5.74, 6) is -4.17. The van der Waals surface area contributed by atoms with Gasteiger partial charge in [0.15, 0.2) is 0 Å². The van der Waals surface area contributed by atoms with E-state index in [4.69, 9.17) is 0 Å². The van der Waals surface area contributed by atoms with Crippen LogP contribution in [0, 0.1) is 33.3 Å². The summed E-state index contributed by atoms with van der Waals surface area (Å²) in [4.78, 5) is 52.6. The molecule has 3 fully saturated rings. The minimum atomic E-state index is -1.80. The Morgan fingerprint density at radius 3 is 2.30 bits per heavy atom. The lowest BCUT2D eigenvalue weighted by atomic mass is 9.76. The molecule has 1 aliphatic carbocycles. The zero-order valence-corrected chi connectivity index (χ0v) is 20.0. The number of fused-ring (bicyclic) bond motifs is 1. The van der Waals surface area contributed by atoms with Crippen molar-refractivity contribution in [3.63, 3.8) is 0 Å². The molecule has 2 heterocycles. The van der Waals surface area contributed by atoms with Crippen molar-refractivity contribution in [3.8, 4) is 6.07 Å². The topological polar surface area (TPSA) is 154 Å². The molecule has 1 saturated carbocycles. The van der Waals surface area contributed by atoms with Gasteiger partial charge in [-0.25, -0.2) is 0 Å². The van der Waals surface area contributed by atoms with Gasteiger partial charge in [0.1, 0.15) is 5.54 Å². The zero-order valence-electron chi connectivity index (χ0n) is 20.0. The van der Waals surface area contributed by atoms with Gasteiger partial charge in [0, 0.05) is 30.6 Å². The maximum Gasteiger partial charge on any atom is 0.325 e. The van der Waals surface area contributed by atoms with Gasteiger partial charge < -0.3 is 5.11 Å². The van der Waals surface area contributed by atoms with Crippen molar-refractivity contribution < 1.29 is 24.4 Å². The summed E-state index contributed by atoms with van der Waals surface area (Å²) in [6.07, 6.45) is 4.12. The molecule has 2 aromatic rings. The standard InChI is InChI=1S/C27H26N4O6/c28-15-17-6-10-18(11-7-17)23-21-22(25(33)30(24(21)32)19-4-2-1-3-5-19)27(29-23,26(34)35)14-16-8-12-20(13-9-16)31(36)37/h6-13,19,21-23,29H,1-5,14H2,(H,34,35). The van der Waals surface area contributed by atoms with Crippen LogP contribution in [0.2, 0.25) is 0 Å². The van der Waals surface area contributed by atoms with Crippen molar-refractivity contribution in [2.45, 2.75) is 56.1 Å². The molecule has 0 radical (unpaired) electrons. The summed E-state index contributed by atoms with van der Waals surface area (Å²) >= 11 is 0. The number of amides is 2. The first kappa shape index (κ1) is 24.6. The minimum absolute atomic E-state index is 0.128.